The second-order valence-electron chi connectivity index (χ2n) is 2.79. The van der Waals surface area contributed by atoms with E-state index in [0.29, 0.717) is 11.7 Å². The summed E-state index contributed by atoms with van der Waals surface area (Å²) < 4.78 is 5.42. The Bertz CT molecular complexity index is 331. The quantitative estimate of drug-likeness (QED) is 0.670. The summed E-state index contributed by atoms with van der Waals surface area (Å²) in [5.74, 6) is 0. The van der Waals surface area contributed by atoms with Gasteiger partial charge >= 0.3 is 0 Å². The monoisotopic (exact) mass is 194 g/mol. The van der Waals surface area contributed by atoms with E-state index >= 15 is 0 Å². The fourth-order valence-corrected chi connectivity index (χ4v) is 1.54. The summed E-state index contributed by atoms with van der Waals surface area (Å²) in [6.45, 7) is 2.68. The highest BCUT2D eigenvalue weighted by molar-refractivity contribution is 7.80. The topological polar surface area (TPSA) is 33.6 Å². The molecule has 4 heteroatoms. The van der Waals surface area contributed by atoms with Crippen LogP contribution in [0.3, 0.4) is 0 Å². The highest BCUT2D eigenvalue weighted by Crippen LogP contribution is 2.14. The molecule has 0 aromatic rings. The van der Waals surface area contributed by atoms with Crippen molar-refractivity contribution in [2.75, 3.05) is 6.61 Å². The lowest BCUT2D eigenvalue weighted by molar-refractivity contribution is 0.127. The maximum atomic E-state index is 5.42. The fourth-order valence-electron chi connectivity index (χ4n) is 1.33. The number of rotatable bonds is 2. The normalized spacial score (nSPS) is 25.0. The standard InChI is InChI=1S/C9H10N2OS/c1-2-12-6-3-4-7-8(5-6)11-9(13)10-7/h3-6H,2H2,1H3,(H,11,13). The fraction of sp³-hybridized carbons (Fsp3) is 0.333. The van der Waals surface area contributed by atoms with Gasteiger partial charge in [0.2, 0.25) is 0 Å². The molecule has 0 aromatic heterocycles. The molecule has 0 spiro atoms. The number of ether oxygens (including phenoxy) is 1. The molecule has 0 saturated heterocycles. The minimum absolute atomic E-state index is 0.0485. The molecular weight excluding hydrogens is 184 g/mol. The van der Waals surface area contributed by atoms with E-state index in [9.17, 15) is 0 Å². The maximum absolute atomic E-state index is 5.42. The van der Waals surface area contributed by atoms with Crippen LogP contribution in [0, 0.1) is 0 Å². The van der Waals surface area contributed by atoms with Gasteiger partial charge in [-0.25, -0.2) is 4.99 Å². The van der Waals surface area contributed by atoms with E-state index in [1.165, 1.54) is 0 Å². The van der Waals surface area contributed by atoms with E-state index < -0.39 is 0 Å². The molecule has 0 bridgehead atoms. The van der Waals surface area contributed by atoms with Gasteiger partial charge in [-0.2, -0.15) is 0 Å². The number of nitrogens with zero attached hydrogens (tertiary/aromatic N) is 1. The molecule has 68 valence electrons. The van der Waals surface area contributed by atoms with Crippen LogP contribution in [0.5, 0.6) is 0 Å². The Balaban J connectivity index is 2.17. The van der Waals surface area contributed by atoms with Crippen molar-refractivity contribution in [1.82, 2.24) is 5.32 Å². The Labute approximate surface area is 82.2 Å². The van der Waals surface area contributed by atoms with Gasteiger partial charge in [0.15, 0.2) is 5.11 Å². The van der Waals surface area contributed by atoms with E-state index in [1.807, 2.05) is 25.2 Å². The average Bonchev–Trinajstić information content (AvgIpc) is 2.44. The van der Waals surface area contributed by atoms with Crippen LogP contribution in [0.15, 0.2) is 28.9 Å². The zero-order valence-electron chi connectivity index (χ0n) is 7.28. The van der Waals surface area contributed by atoms with Gasteiger partial charge in [-0.1, -0.05) is 0 Å². The molecule has 0 amide bonds. The third kappa shape index (κ3) is 1.68. The van der Waals surface area contributed by atoms with Crippen LogP contribution < -0.4 is 5.32 Å². The molecule has 1 N–H and O–H groups in total. The first-order valence-corrected chi connectivity index (χ1v) is 4.62. The summed E-state index contributed by atoms with van der Waals surface area (Å²) in [6.07, 6.45) is 5.94. The average molecular weight is 194 g/mol. The Kier molecular flexibility index (Phi) is 2.24. The Hall–Kier alpha value is -1.00. The van der Waals surface area contributed by atoms with Gasteiger partial charge in [0, 0.05) is 6.61 Å². The molecule has 3 nitrogen and oxygen atoms in total. The smallest absolute Gasteiger partial charge is 0.197 e. The third-order valence-corrected chi connectivity index (χ3v) is 2.07. The molecule has 0 radical (unpaired) electrons. The minimum Gasteiger partial charge on any atom is -0.370 e. The van der Waals surface area contributed by atoms with E-state index in [4.69, 9.17) is 17.0 Å². The Morgan fingerprint density at radius 1 is 1.69 bits per heavy atom. The largest absolute Gasteiger partial charge is 0.370 e. The number of hydrogen-bond donors (Lipinski definition) is 1. The lowest BCUT2D eigenvalue weighted by atomic mass is 10.1. The van der Waals surface area contributed by atoms with Crippen LogP contribution >= 0.6 is 12.2 Å². The van der Waals surface area contributed by atoms with Crippen molar-refractivity contribution < 1.29 is 4.74 Å². The molecule has 0 aromatic carbocycles. The van der Waals surface area contributed by atoms with Crippen molar-refractivity contribution in [2.45, 2.75) is 13.0 Å². The molecule has 2 aliphatic rings. The minimum atomic E-state index is 0.0485. The van der Waals surface area contributed by atoms with Gasteiger partial charge < -0.3 is 10.1 Å². The summed E-state index contributed by atoms with van der Waals surface area (Å²) >= 11 is 4.92. The van der Waals surface area contributed by atoms with Gasteiger partial charge in [0.1, 0.15) is 0 Å². The maximum Gasteiger partial charge on any atom is 0.197 e. The van der Waals surface area contributed by atoms with Crippen molar-refractivity contribution in [3.63, 3.8) is 0 Å². The van der Waals surface area contributed by atoms with Gasteiger partial charge in [0.25, 0.3) is 0 Å². The van der Waals surface area contributed by atoms with Crippen LogP contribution in [0.2, 0.25) is 0 Å². The van der Waals surface area contributed by atoms with Crippen LogP contribution in [0.4, 0.5) is 0 Å². The van der Waals surface area contributed by atoms with E-state index in [0.717, 1.165) is 11.4 Å². The van der Waals surface area contributed by atoms with Crippen LogP contribution in [0.1, 0.15) is 6.92 Å². The highest BCUT2D eigenvalue weighted by Gasteiger charge is 2.19. The van der Waals surface area contributed by atoms with Crippen molar-refractivity contribution in [3.05, 3.63) is 23.9 Å². The molecule has 1 atom stereocenters. The number of thiocarbonyl (C=S) groups is 1. The number of hydrogen-bond acceptors (Lipinski definition) is 2. The van der Waals surface area contributed by atoms with Crippen molar-refractivity contribution in [2.24, 2.45) is 4.99 Å². The Morgan fingerprint density at radius 3 is 3.31 bits per heavy atom. The van der Waals surface area contributed by atoms with Crippen molar-refractivity contribution >= 4 is 23.0 Å². The lowest BCUT2D eigenvalue weighted by Crippen LogP contribution is -2.20. The lowest BCUT2D eigenvalue weighted by Gasteiger charge is -2.13. The van der Waals surface area contributed by atoms with Gasteiger partial charge in [0.05, 0.1) is 17.5 Å². The number of nitrogens with one attached hydrogen (secondary N) is 1. The van der Waals surface area contributed by atoms with Crippen LogP contribution in [0.25, 0.3) is 0 Å². The zero-order chi connectivity index (χ0) is 9.26. The SMILES string of the molecule is CCOC1C=CC2=NC(=S)NC2=C1. The summed E-state index contributed by atoms with van der Waals surface area (Å²) in [7, 11) is 0. The molecular formula is C9H10N2OS. The van der Waals surface area contributed by atoms with E-state index in [1.54, 1.807) is 0 Å². The molecule has 0 fully saturated rings. The van der Waals surface area contributed by atoms with Gasteiger partial charge in [-0.3, -0.25) is 0 Å². The number of allylic oxidation sites excluding steroid dienone is 1. The molecule has 1 heterocycles. The zero-order valence-corrected chi connectivity index (χ0v) is 8.10. The molecule has 13 heavy (non-hydrogen) atoms. The molecule has 1 aliphatic carbocycles. The van der Waals surface area contributed by atoms with Gasteiger partial charge in [-0.15, -0.1) is 0 Å². The molecule has 0 saturated carbocycles. The van der Waals surface area contributed by atoms with Crippen LogP contribution in [-0.2, 0) is 4.74 Å². The Morgan fingerprint density at radius 2 is 2.54 bits per heavy atom. The summed E-state index contributed by atoms with van der Waals surface area (Å²) in [5.41, 5.74) is 1.87. The van der Waals surface area contributed by atoms with Crippen LogP contribution in [-0.4, -0.2) is 23.5 Å². The summed E-state index contributed by atoms with van der Waals surface area (Å²) in [5, 5.41) is 3.53. The van der Waals surface area contributed by atoms with E-state index in [2.05, 4.69) is 10.3 Å². The number of fused-ring (bicyclic) bond motifs is 1. The third-order valence-electron chi connectivity index (χ3n) is 1.87. The second kappa shape index (κ2) is 3.40. The highest BCUT2D eigenvalue weighted by atomic mass is 32.1. The van der Waals surface area contributed by atoms with E-state index in [-0.39, 0.29) is 6.10 Å². The first kappa shape index (κ1) is 8.59. The summed E-state index contributed by atoms with van der Waals surface area (Å²) in [6, 6.07) is 0. The van der Waals surface area contributed by atoms with Crippen molar-refractivity contribution in [1.29, 1.82) is 0 Å². The van der Waals surface area contributed by atoms with Gasteiger partial charge in [-0.05, 0) is 37.4 Å². The number of aliphatic imine (C=N–C) groups is 1. The summed E-state index contributed by atoms with van der Waals surface area (Å²) in [4.78, 5) is 4.13. The molecule has 2 rings (SSSR count). The first-order chi connectivity index (χ1) is 6.29. The molecule has 1 unspecified atom stereocenters. The first-order valence-electron chi connectivity index (χ1n) is 4.21. The predicted molar refractivity (Wildman–Crippen MR) is 55.8 cm³/mol. The van der Waals surface area contributed by atoms with Crippen molar-refractivity contribution in [3.8, 4) is 0 Å². The predicted octanol–water partition coefficient (Wildman–Crippen LogP) is 1.17. The second-order valence-corrected chi connectivity index (χ2v) is 3.17. The molecule has 1 aliphatic heterocycles.